The largest absolute Gasteiger partial charge is 0.0617 e. The zero-order valence-electron chi connectivity index (χ0n) is 3.81. The van der Waals surface area contributed by atoms with Crippen molar-refractivity contribution < 1.29 is 0 Å². The minimum absolute atomic E-state index is 1.23. The molecule has 0 spiro atoms. The molecule has 2 radical (unpaired) electrons. The first kappa shape index (κ1) is 3.25. The van der Waals surface area contributed by atoms with E-state index in [1.54, 1.807) is 0 Å². The Bertz CT molecular complexity index is 164. The van der Waals surface area contributed by atoms with Gasteiger partial charge in [0.25, 0.3) is 0 Å². The third-order valence-corrected chi connectivity index (χ3v) is 1.15. The van der Waals surface area contributed by atoms with E-state index < -0.39 is 0 Å². The zero-order chi connectivity index (χ0) is 4.69. The molecular formula is C7H4. The van der Waals surface area contributed by atoms with E-state index in [2.05, 4.69) is 12.5 Å². The standard InChI is InChI=1S/C7H4/c1-2-6-4-7(3-1)5-6/h1-4H. The molecule has 2 aliphatic carbocycles. The number of hydrogen-bond donors (Lipinski definition) is 0. The molecule has 7 heavy (non-hydrogen) atoms. The van der Waals surface area contributed by atoms with Gasteiger partial charge in [-0.05, 0) is 11.1 Å². The summed E-state index contributed by atoms with van der Waals surface area (Å²) >= 11 is 0. The molecule has 0 saturated heterocycles. The Kier molecular flexibility index (Phi) is 0.413. The molecule has 0 aromatic heterocycles. The Labute approximate surface area is 42.8 Å². The molecule has 0 heteroatoms. The fourth-order valence-corrected chi connectivity index (χ4v) is 0.764. The highest BCUT2D eigenvalue weighted by Crippen LogP contribution is 2.21. The smallest absolute Gasteiger partial charge is 0.0501 e. The molecule has 0 fully saturated rings. The predicted octanol–water partition coefficient (Wildman–Crippen LogP) is 1.48. The van der Waals surface area contributed by atoms with E-state index in [-0.39, 0.29) is 0 Å². The van der Waals surface area contributed by atoms with Crippen LogP contribution in [0.15, 0.2) is 24.3 Å². The van der Waals surface area contributed by atoms with Crippen LogP contribution in [0, 0.1) is 6.42 Å². The van der Waals surface area contributed by atoms with Gasteiger partial charge in [0.1, 0.15) is 0 Å². The quantitative estimate of drug-likeness (QED) is 0.457. The van der Waals surface area contributed by atoms with Gasteiger partial charge in [0.2, 0.25) is 0 Å². The maximum absolute atomic E-state index is 3.11. The fourth-order valence-electron chi connectivity index (χ4n) is 0.764. The van der Waals surface area contributed by atoms with Gasteiger partial charge in [0.05, 0.1) is 6.42 Å². The first-order valence-corrected chi connectivity index (χ1v) is 2.32. The molecule has 1 aromatic rings. The molecule has 32 valence electrons. The van der Waals surface area contributed by atoms with E-state index in [1.807, 2.05) is 18.2 Å². The maximum atomic E-state index is 3.11. The third-order valence-electron chi connectivity index (χ3n) is 1.15. The van der Waals surface area contributed by atoms with Crippen LogP contribution in [0.4, 0.5) is 0 Å². The van der Waals surface area contributed by atoms with Gasteiger partial charge in [-0.1, -0.05) is 24.3 Å². The molecule has 0 saturated carbocycles. The van der Waals surface area contributed by atoms with Crippen LogP contribution in [0.1, 0.15) is 11.1 Å². The van der Waals surface area contributed by atoms with Gasteiger partial charge < -0.3 is 0 Å². The summed E-state index contributed by atoms with van der Waals surface area (Å²) in [7, 11) is 0. The van der Waals surface area contributed by atoms with Crippen LogP contribution in [0.2, 0.25) is 0 Å². The fraction of sp³-hybridized carbons (Fsp3) is 0. The van der Waals surface area contributed by atoms with E-state index in [1.165, 1.54) is 11.1 Å². The predicted molar refractivity (Wildman–Crippen MR) is 27.9 cm³/mol. The topological polar surface area (TPSA) is 0 Å². The van der Waals surface area contributed by atoms with Crippen molar-refractivity contribution >= 4 is 0 Å². The molecule has 0 unspecified atom stereocenters. The monoisotopic (exact) mass is 88.0 g/mol. The van der Waals surface area contributed by atoms with Gasteiger partial charge in [-0.2, -0.15) is 0 Å². The third kappa shape index (κ3) is 0.310. The van der Waals surface area contributed by atoms with Crippen LogP contribution in [-0.4, -0.2) is 0 Å². The van der Waals surface area contributed by atoms with Crippen LogP contribution in [0.3, 0.4) is 0 Å². The highest BCUT2D eigenvalue weighted by molar-refractivity contribution is 5.48. The van der Waals surface area contributed by atoms with Crippen molar-refractivity contribution in [1.29, 1.82) is 0 Å². The van der Waals surface area contributed by atoms with Crippen molar-refractivity contribution in [2.24, 2.45) is 0 Å². The van der Waals surface area contributed by atoms with Crippen molar-refractivity contribution in [2.75, 3.05) is 0 Å². The SMILES string of the molecule is [C]1c2cccc1c2. The lowest BCUT2D eigenvalue weighted by atomic mass is 9.94. The van der Waals surface area contributed by atoms with Crippen molar-refractivity contribution in [3.8, 4) is 0 Å². The second kappa shape index (κ2) is 0.890. The summed E-state index contributed by atoms with van der Waals surface area (Å²) in [6.45, 7) is 0. The Morgan fingerprint density at radius 2 is 1.71 bits per heavy atom. The number of fused-ring (bicyclic) bond motifs is 2. The van der Waals surface area contributed by atoms with Crippen LogP contribution >= 0.6 is 0 Å². The summed E-state index contributed by atoms with van der Waals surface area (Å²) < 4.78 is 0. The normalized spacial score (nSPS) is 13.1. The summed E-state index contributed by atoms with van der Waals surface area (Å²) in [4.78, 5) is 0. The molecule has 2 aliphatic rings. The van der Waals surface area contributed by atoms with Crippen LogP contribution < -0.4 is 0 Å². The average molecular weight is 88.1 g/mol. The summed E-state index contributed by atoms with van der Waals surface area (Å²) in [5, 5.41) is 0. The second-order valence-corrected chi connectivity index (χ2v) is 1.71. The van der Waals surface area contributed by atoms with Crippen molar-refractivity contribution in [1.82, 2.24) is 0 Å². The molecular weight excluding hydrogens is 84.1 g/mol. The Balaban J connectivity index is 2.78. The van der Waals surface area contributed by atoms with E-state index in [0.717, 1.165) is 0 Å². The lowest BCUT2D eigenvalue weighted by Crippen LogP contribution is -1.94. The molecule has 2 bridgehead atoms. The summed E-state index contributed by atoms with van der Waals surface area (Å²) in [6, 6.07) is 8.25. The van der Waals surface area contributed by atoms with Crippen molar-refractivity contribution in [2.45, 2.75) is 0 Å². The van der Waals surface area contributed by atoms with E-state index >= 15 is 0 Å². The van der Waals surface area contributed by atoms with E-state index in [4.69, 9.17) is 0 Å². The molecule has 0 amide bonds. The Morgan fingerprint density at radius 1 is 1.14 bits per heavy atom. The molecule has 0 atom stereocenters. The van der Waals surface area contributed by atoms with E-state index in [9.17, 15) is 0 Å². The first-order valence-electron chi connectivity index (χ1n) is 2.32. The number of benzene rings is 1. The molecule has 0 aliphatic heterocycles. The van der Waals surface area contributed by atoms with E-state index in [0.29, 0.717) is 0 Å². The van der Waals surface area contributed by atoms with Crippen molar-refractivity contribution in [3.63, 3.8) is 0 Å². The Morgan fingerprint density at radius 3 is 1.86 bits per heavy atom. The molecule has 3 rings (SSSR count). The van der Waals surface area contributed by atoms with Gasteiger partial charge in [0, 0.05) is 0 Å². The highest BCUT2D eigenvalue weighted by atomic mass is 14.1. The summed E-state index contributed by atoms with van der Waals surface area (Å²) in [6.07, 6.45) is 3.11. The van der Waals surface area contributed by atoms with Crippen molar-refractivity contribution in [3.05, 3.63) is 41.8 Å². The molecule has 1 aromatic carbocycles. The van der Waals surface area contributed by atoms with Gasteiger partial charge in [-0.15, -0.1) is 0 Å². The van der Waals surface area contributed by atoms with Crippen LogP contribution in [-0.2, 0) is 0 Å². The summed E-state index contributed by atoms with van der Waals surface area (Å²) in [5.41, 5.74) is 2.47. The first-order chi connectivity index (χ1) is 3.45. The Hall–Kier alpha value is -0.780. The average Bonchev–Trinajstić information content (AvgIpc) is 1.67. The molecule has 0 heterocycles. The maximum Gasteiger partial charge on any atom is 0.0501 e. The van der Waals surface area contributed by atoms with Gasteiger partial charge in [0.15, 0.2) is 0 Å². The van der Waals surface area contributed by atoms with Gasteiger partial charge in [-0.3, -0.25) is 0 Å². The molecule has 0 nitrogen and oxygen atoms in total. The minimum Gasteiger partial charge on any atom is -0.0617 e. The number of hydrogen-bond acceptors (Lipinski definition) is 0. The second-order valence-electron chi connectivity index (χ2n) is 1.71. The highest BCUT2D eigenvalue weighted by Gasteiger charge is 2.05. The van der Waals surface area contributed by atoms with Crippen LogP contribution in [0.25, 0.3) is 0 Å². The minimum atomic E-state index is 1.23. The van der Waals surface area contributed by atoms with Gasteiger partial charge >= 0.3 is 0 Å². The lowest BCUT2D eigenvalue weighted by molar-refractivity contribution is 1.32. The zero-order valence-corrected chi connectivity index (χ0v) is 3.81. The lowest BCUT2D eigenvalue weighted by Gasteiger charge is -2.10. The van der Waals surface area contributed by atoms with Gasteiger partial charge in [-0.25, -0.2) is 0 Å². The number of rotatable bonds is 0. The summed E-state index contributed by atoms with van der Waals surface area (Å²) in [5.74, 6) is 0. The molecule has 0 N–H and O–H groups in total. The van der Waals surface area contributed by atoms with Crippen LogP contribution in [0.5, 0.6) is 0 Å².